The topological polar surface area (TPSA) is 47.0 Å². The van der Waals surface area contributed by atoms with Gasteiger partial charge in [-0.1, -0.05) is 11.6 Å². The number of aromatic nitrogens is 2. The summed E-state index contributed by atoms with van der Waals surface area (Å²) in [6.45, 7) is 3.00. The van der Waals surface area contributed by atoms with Crippen LogP contribution in [0.5, 0.6) is 6.01 Å². The Kier molecular flexibility index (Phi) is 5.01. The van der Waals surface area contributed by atoms with Gasteiger partial charge in [-0.3, -0.25) is 0 Å². The Hall–Kier alpha value is -0.870. The van der Waals surface area contributed by atoms with Crippen molar-refractivity contribution in [3.05, 3.63) is 17.4 Å². The highest BCUT2D eigenvalue weighted by Gasteiger charge is 2.12. The number of halogens is 1. The van der Waals surface area contributed by atoms with Gasteiger partial charge in [-0.25, -0.2) is 9.97 Å². The van der Waals surface area contributed by atoms with Crippen LogP contribution in [0.3, 0.4) is 0 Å². The minimum Gasteiger partial charge on any atom is -0.463 e. The number of nitrogens with zero attached hydrogens (tertiary/aromatic N) is 2. The summed E-state index contributed by atoms with van der Waals surface area (Å²) in [7, 11) is 0. The normalized spacial score (nSPS) is 20.2. The van der Waals surface area contributed by atoms with E-state index >= 15 is 0 Å². The van der Waals surface area contributed by atoms with Gasteiger partial charge in [0.1, 0.15) is 0 Å². The smallest absolute Gasteiger partial charge is 0.316 e. The molecular formula is C12H18ClN3O. The number of ether oxygens (including phenoxy) is 1. The van der Waals surface area contributed by atoms with E-state index in [2.05, 4.69) is 15.3 Å². The summed E-state index contributed by atoms with van der Waals surface area (Å²) >= 11 is 5.69. The molecule has 4 nitrogen and oxygen atoms in total. The first-order chi connectivity index (χ1) is 8.34. The molecule has 5 heteroatoms. The fraction of sp³-hybridized carbons (Fsp3) is 0.667. The van der Waals surface area contributed by atoms with Crippen molar-refractivity contribution in [2.24, 2.45) is 5.92 Å². The molecule has 1 aromatic heterocycles. The lowest BCUT2D eigenvalue weighted by Crippen LogP contribution is -2.29. The number of hydrogen-bond donors (Lipinski definition) is 1. The third-order valence-electron chi connectivity index (χ3n) is 2.98. The first-order valence-corrected chi connectivity index (χ1v) is 6.53. The largest absolute Gasteiger partial charge is 0.463 e. The van der Waals surface area contributed by atoms with Crippen molar-refractivity contribution in [3.8, 4) is 6.01 Å². The molecule has 0 bridgehead atoms. The predicted molar refractivity (Wildman–Crippen MR) is 67.4 cm³/mol. The van der Waals surface area contributed by atoms with E-state index in [4.69, 9.17) is 16.3 Å². The summed E-state index contributed by atoms with van der Waals surface area (Å²) < 4.78 is 5.45. The molecule has 1 saturated heterocycles. The van der Waals surface area contributed by atoms with E-state index in [1.165, 1.54) is 25.8 Å². The molecule has 0 spiro atoms. The second-order valence-corrected chi connectivity index (χ2v) is 4.82. The van der Waals surface area contributed by atoms with Crippen LogP contribution in [0, 0.1) is 5.92 Å². The lowest BCUT2D eigenvalue weighted by Gasteiger charge is -2.22. The monoisotopic (exact) mass is 255 g/mol. The fourth-order valence-electron chi connectivity index (χ4n) is 2.08. The summed E-state index contributed by atoms with van der Waals surface area (Å²) in [6.07, 6.45) is 8.00. The number of nitrogens with one attached hydrogen (secondary N) is 1. The standard InChI is InChI=1S/C12H18ClN3O/c13-11-8-15-12(16-9-11)17-6-2-4-10-3-1-5-14-7-10/h8-10,14H,1-7H2/t10-/m1/s1. The third kappa shape index (κ3) is 4.48. The summed E-state index contributed by atoms with van der Waals surface area (Å²) in [6, 6.07) is 0.413. The molecule has 1 aliphatic rings. The number of hydrogen-bond acceptors (Lipinski definition) is 4. The molecule has 0 saturated carbocycles. The zero-order valence-corrected chi connectivity index (χ0v) is 10.6. The first-order valence-electron chi connectivity index (χ1n) is 6.15. The summed E-state index contributed by atoms with van der Waals surface area (Å²) in [5, 5.41) is 3.95. The molecule has 0 aliphatic carbocycles. The summed E-state index contributed by atoms with van der Waals surface area (Å²) in [5.41, 5.74) is 0. The molecule has 2 rings (SSSR count). The Bertz CT molecular complexity index is 325. The van der Waals surface area contributed by atoms with Crippen LogP contribution in [0.4, 0.5) is 0 Å². The lowest BCUT2D eigenvalue weighted by atomic mass is 9.95. The molecule has 0 aromatic carbocycles. The molecule has 17 heavy (non-hydrogen) atoms. The third-order valence-corrected chi connectivity index (χ3v) is 3.18. The van der Waals surface area contributed by atoms with Gasteiger partial charge in [0.2, 0.25) is 0 Å². The molecule has 1 fully saturated rings. The first kappa shape index (κ1) is 12.6. The summed E-state index contributed by atoms with van der Waals surface area (Å²) in [5.74, 6) is 0.804. The highest BCUT2D eigenvalue weighted by Crippen LogP contribution is 2.16. The maximum Gasteiger partial charge on any atom is 0.316 e. The maximum absolute atomic E-state index is 5.69. The highest BCUT2D eigenvalue weighted by molar-refractivity contribution is 6.30. The molecule has 2 heterocycles. The molecule has 1 N–H and O–H groups in total. The van der Waals surface area contributed by atoms with Crippen LogP contribution in [-0.4, -0.2) is 29.7 Å². The van der Waals surface area contributed by atoms with Crippen LogP contribution in [-0.2, 0) is 0 Å². The lowest BCUT2D eigenvalue weighted by molar-refractivity contribution is 0.259. The Labute approximate surface area is 107 Å². The Balaban J connectivity index is 1.60. The highest BCUT2D eigenvalue weighted by atomic mass is 35.5. The zero-order chi connectivity index (χ0) is 11.9. The molecule has 94 valence electrons. The van der Waals surface area contributed by atoms with Crippen LogP contribution in [0.15, 0.2) is 12.4 Å². The van der Waals surface area contributed by atoms with Crippen molar-refractivity contribution in [2.45, 2.75) is 25.7 Å². The van der Waals surface area contributed by atoms with Crippen molar-refractivity contribution >= 4 is 11.6 Å². The van der Waals surface area contributed by atoms with E-state index in [-0.39, 0.29) is 0 Å². The van der Waals surface area contributed by atoms with Gasteiger partial charge in [0.15, 0.2) is 0 Å². The molecule has 1 aliphatic heterocycles. The molecule has 1 aromatic rings. The summed E-state index contributed by atoms with van der Waals surface area (Å²) in [4.78, 5) is 7.97. The minimum atomic E-state index is 0.413. The van der Waals surface area contributed by atoms with Crippen LogP contribution in [0.2, 0.25) is 5.02 Å². The van der Waals surface area contributed by atoms with Crippen LogP contribution < -0.4 is 10.1 Å². The van der Waals surface area contributed by atoms with Gasteiger partial charge in [-0.15, -0.1) is 0 Å². The van der Waals surface area contributed by atoms with E-state index in [0.717, 1.165) is 18.9 Å². The van der Waals surface area contributed by atoms with Gasteiger partial charge >= 0.3 is 6.01 Å². The quantitative estimate of drug-likeness (QED) is 0.820. The SMILES string of the molecule is Clc1cnc(OCCC[C@H]2CCCNC2)nc1. The second-order valence-electron chi connectivity index (χ2n) is 4.39. The van der Waals surface area contributed by atoms with Gasteiger partial charge in [-0.2, -0.15) is 0 Å². The van der Waals surface area contributed by atoms with Gasteiger partial charge in [0.25, 0.3) is 0 Å². The Morgan fingerprint density at radius 2 is 2.24 bits per heavy atom. The number of piperidine rings is 1. The van der Waals surface area contributed by atoms with Gasteiger partial charge in [0, 0.05) is 0 Å². The van der Waals surface area contributed by atoms with Gasteiger partial charge in [0.05, 0.1) is 24.0 Å². The van der Waals surface area contributed by atoms with Gasteiger partial charge < -0.3 is 10.1 Å². The van der Waals surface area contributed by atoms with Crippen molar-refractivity contribution < 1.29 is 4.74 Å². The van der Waals surface area contributed by atoms with E-state index in [1.807, 2.05) is 0 Å². The van der Waals surface area contributed by atoms with Crippen molar-refractivity contribution in [3.63, 3.8) is 0 Å². The predicted octanol–water partition coefficient (Wildman–Crippen LogP) is 2.29. The van der Waals surface area contributed by atoms with Crippen LogP contribution >= 0.6 is 11.6 Å². The zero-order valence-electron chi connectivity index (χ0n) is 9.86. The van der Waals surface area contributed by atoms with E-state index in [1.54, 1.807) is 12.4 Å². The second kappa shape index (κ2) is 6.77. The van der Waals surface area contributed by atoms with Gasteiger partial charge in [-0.05, 0) is 44.7 Å². The van der Waals surface area contributed by atoms with Crippen molar-refractivity contribution in [1.82, 2.24) is 15.3 Å². The van der Waals surface area contributed by atoms with Crippen LogP contribution in [0.25, 0.3) is 0 Å². The van der Waals surface area contributed by atoms with Crippen molar-refractivity contribution in [2.75, 3.05) is 19.7 Å². The molecular weight excluding hydrogens is 238 g/mol. The molecule has 0 radical (unpaired) electrons. The average Bonchev–Trinajstić information content (AvgIpc) is 2.38. The van der Waals surface area contributed by atoms with Crippen molar-refractivity contribution in [1.29, 1.82) is 0 Å². The van der Waals surface area contributed by atoms with E-state index < -0.39 is 0 Å². The minimum absolute atomic E-state index is 0.413. The average molecular weight is 256 g/mol. The van der Waals surface area contributed by atoms with E-state index in [9.17, 15) is 0 Å². The molecule has 0 amide bonds. The van der Waals surface area contributed by atoms with E-state index in [0.29, 0.717) is 17.6 Å². The maximum atomic E-state index is 5.69. The molecule has 0 unspecified atom stereocenters. The van der Waals surface area contributed by atoms with Crippen LogP contribution in [0.1, 0.15) is 25.7 Å². The molecule has 1 atom stereocenters. The fourth-order valence-corrected chi connectivity index (χ4v) is 2.18. The Morgan fingerprint density at radius 1 is 1.41 bits per heavy atom. The Morgan fingerprint density at radius 3 is 2.94 bits per heavy atom. The number of rotatable bonds is 5.